The molecule has 0 fully saturated rings. The summed E-state index contributed by atoms with van der Waals surface area (Å²) < 4.78 is 31.8. The summed E-state index contributed by atoms with van der Waals surface area (Å²) in [5.74, 6) is 0. The summed E-state index contributed by atoms with van der Waals surface area (Å²) >= 11 is 13.9. The van der Waals surface area contributed by atoms with E-state index in [9.17, 15) is 8.42 Å². The van der Waals surface area contributed by atoms with Crippen LogP contribution in [-0.4, -0.2) is 24.3 Å². The highest BCUT2D eigenvalue weighted by Crippen LogP contribution is 2.61. The smallest absolute Gasteiger partial charge is 0.260 e. The number of rotatable bonds is 3. The maximum absolute atomic E-state index is 12.9. The van der Waals surface area contributed by atoms with Crippen molar-refractivity contribution in [3.05, 3.63) is 8.67 Å². The number of halogens is 2. The summed E-state index contributed by atoms with van der Waals surface area (Å²) in [5, 5.41) is 0.340. The fourth-order valence-electron chi connectivity index (χ4n) is 2.81. The molecule has 0 bridgehead atoms. The summed E-state index contributed by atoms with van der Waals surface area (Å²) in [5.41, 5.74) is -0.847. The van der Waals surface area contributed by atoms with Crippen molar-refractivity contribution in [3.8, 4) is 0 Å². The molecule has 140 valence electrons. The first-order valence-electron chi connectivity index (χ1n) is 7.62. The Balaban J connectivity index is 3.75. The molecular weight excluding hydrogens is 406 g/mol. The average Bonchev–Trinajstić information content (AvgIpc) is 2.46. The van der Waals surface area contributed by atoms with Gasteiger partial charge in [0.1, 0.15) is 13.6 Å². The van der Waals surface area contributed by atoms with E-state index >= 15 is 0 Å². The lowest BCUT2D eigenvalue weighted by molar-refractivity contribution is 0.140. The van der Waals surface area contributed by atoms with Gasteiger partial charge in [-0.2, -0.15) is 8.42 Å². The highest BCUT2D eigenvalue weighted by Gasteiger charge is 2.43. The Hall–Kier alpha value is 0.620. The molecule has 0 N–H and O–H groups in total. The van der Waals surface area contributed by atoms with E-state index in [0.717, 1.165) is 11.3 Å². The fraction of sp³-hybridized carbons (Fsp3) is 0.750. The normalized spacial score (nSPS) is 14.5. The molecule has 0 radical (unpaired) electrons. The van der Waals surface area contributed by atoms with Crippen LogP contribution in [0.2, 0.25) is 8.67 Å². The molecule has 1 rings (SSSR count). The zero-order valence-electron chi connectivity index (χ0n) is 15.7. The Morgan fingerprint density at radius 3 is 1.62 bits per heavy atom. The fourth-order valence-corrected chi connectivity index (χ4v) is 11.5. The van der Waals surface area contributed by atoms with Crippen molar-refractivity contribution in [2.24, 2.45) is 0 Å². The minimum Gasteiger partial charge on any atom is -0.260 e. The molecule has 8 heteroatoms. The number of hydrogen-bond acceptors (Lipinski definition) is 4. The number of thiophene rings is 1. The van der Waals surface area contributed by atoms with Gasteiger partial charge in [-0.3, -0.25) is 4.18 Å². The van der Waals surface area contributed by atoms with Gasteiger partial charge in [-0.15, -0.1) is 11.3 Å². The van der Waals surface area contributed by atoms with Gasteiger partial charge in [0.15, 0.2) is 0 Å². The highest BCUT2D eigenvalue weighted by atomic mass is 35.5. The van der Waals surface area contributed by atoms with Gasteiger partial charge in [0.2, 0.25) is 0 Å². The van der Waals surface area contributed by atoms with Gasteiger partial charge in [0.25, 0.3) is 0 Å². The first-order valence-corrected chi connectivity index (χ1v) is 11.9. The van der Waals surface area contributed by atoms with E-state index in [1.54, 1.807) is 20.8 Å². The van der Waals surface area contributed by atoms with Crippen LogP contribution < -0.4 is 5.30 Å². The third-order valence-corrected chi connectivity index (χ3v) is 10.4. The molecule has 0 aliphatic rings. The quantitative estimate of drug-likeness (QED) is 0.417. The molecule has 1 heterocycles. The van der Waals surface area contributed by atoms with Crippen molar-refractivity contribution in [2.75, 3.05) is 0 Å². The van der Waals surface area contributed by atoms with Crippen molar-refractivity contribution in [1.82, 2.24) is 0 Å². The van der Waals surface area contributed by atoms with E-state index in [2.05, 4.69) is 41.5 Å². The molecule has 0 saturated carbocycles. The van der Waals surface area contributed by atoms with Crippen LogP contribution in [-0.2, 0) is 14.3 Å². The van der Waals surface area contributed by atoms with Crippen LogP contribution in [0.15, 0.2) is 4.90 Å². The summed E-state index contributed by atoms with van der Waals surface area (Å²) in [6.07, 6.45) is 0. The molecule has 0 aromatic carbocycles. The molecular formula is C16H27Cl2O3PS2. The SMILES string of the molecule is CC(C)(C)OS(=O)(=O)c1c(Cl)sc(Cl)c1P(C(C)(C)C)C(C)(C)C. The largest absolute Gasteiger partial charge is 0.300 e. The zero-order valence-corrected chi connectivity index (χ0v) is 19.8. The molecule has 24 heavy (non-hydrogen) atoms. The minimum absolute atomic E-state index is 0.0463. The second-order valence-corrected chi connectivity index (χ2v) is 16.2. The summed E-state index contributed by atoms with van der Waals surface area (Å²) in [7, 11) is -4.94. The molecule has 1 aromatic heterocycles. The van der Waals surface area contributed by atoms with E-state index in [1.807, 2.05) is 0 Å². The molecule has 0 saturated heterocycles. The monoisotopic (exact) mass is 432 g/mol. The molecule has 0 aliphatic heterocycles. The lowest BCUT2D eigenvalue weighted by atomic mass is 10.2. The standard InChI is InChI=1S/C16H27Cl2O3PS2/c1-14(2,3)21-24(19,20)11-10(12(17)23-13(11)18)22(15(4,5)6)16(7,8)9/h1-9H3. The van der Waals surface area contributed by atoms with Crippen molar-refractivity contribution < 1.29 is 12.6 Å². The topological polar surface area (TPSA) is 43.4 Å². The highest BCUT2D eigenvalue weighted by molar-refractivity contribution is 7.88. The van der Waals surface area contributed by atoms with Crippen LogP contribution in [0.1, 0.15) is 62.3 Å². The summed E-state index contributed by atoms with van der Waals surface area (Å²) in [4.78, 5) is 0.0463. The van der Waals surface area contributed by atoms with Crippen LogP contribution in [0, 0.1) is 0 Å². The van der Waals surface area contributed by atoms with Crippen molar-refractivity contribution in [2.45, 2.75) is 83.1 Å². The maximum Gasteiger partial charge on any atom is 0.300 e. The lowest BCUT2D eigenvalue weighted by Gasteiger charge is -2.42. The van der Waals surface area contributed by atoms with Crippen LogP contribution in [0.25, 0.3) is 0 Å². The summed E-state index contributed by atoms with van der Waals surface area (Å²) in [6, 6.07) is 0. The lowest BCUT2D eigenvalue weighted by Crippen LogP contribution is -2.34. The third-order valence-electron chi connectivity index (χ3n) is 2.93. The second kappa shape index (κ2) is 6.98. The zero-order chi connectivity index (χ0) is 19.3. The van der Waals surface area contributed by atoms with Crippen molar-refractivity contribution in [1.29, 1.82) is 0 Å². The maximum atomic E-state index is 12.9. The average molecular weight is 433 g/mol. The predicted octanol–water partition coefficient (Wildman–Crippen LogP) is 6.26. The van der Waals surface area contributed by atoms with Gasteiger partial charge in [-0.05, 0) is 31.1 Å². The Morgan fingerprint density at radius 2 is 1.29 bits per heavy atom. The van der Waals surface area contributed by atoms with E-state index in [1.165, 1.54) is 0 Å². The van der Waals surface area contributed by atoms with Crippen LogP contribution in [0.4, 0.5) is 0 Å². The van der Waals surface area contributed by atoms with E-state index in [4.69, 9.17) is 27.4 Å². The first kappa shape index (κ1) is 22.7. The first-order chi connectivity index (χ1) is 10.4. The summed E-state index contributed by atoms with van der Waals surface area (Å²) in [6.45, 7) is 17.7. The van der Waals surface area contributed by atoms with Gasteiger partial charge in [0, 0.05) is 5.30 Å². The van der Waals surface area contributed by atoms with Gasteiger partial charge in [0.05, 0.1) is 5.60 Å². The van der Waals surface area contributed by atoms with Gasteiger partial charge < -0.3 is 0 Å². The minimum atomic E-state index is -4.01. The van der Waals surface area contributed by atoms with Gasteiger partial charge in [-0.1, -0.05) is 72.7 Å². The Kier molecular flexibility index (Phi) is 6.59. The van der Waals surface area contributed by atoms with Crippen molar-refractivity contribution >= 4 is 57.9 Å². The van der Waals surface area contributed by atoms with Gasteiger partial charge >= 0.3 is 10.1 Å². The second-order valence-electron chi connectivity index (χ2n) is 8.65. The molecule has 0 aliphatic carbocycles. The molecule has 3 nitrogen and oxygen atoms in total. The van der Waals surface area contributed by atoms with E-state index < -0.39 is 23.6 Å². The van der Waals surface area contributed by atoms with Crippen LogP contribution >= 0.6 is 42.5 Å². The van der Waals surface area contributed by atoms with Gasteiger partial charge in [-0.25, -0.2) is 0 Å². The van der Waals surface area contributed by atoms with E-state index in [0.29, 0.717) is 9.64 Å². The Labute approximate surface area is 162 Å². The van der Waals surface area contributed by atoms with Crippen LogP contribution in [0.5, 0.6) is 0 Å². The molecule has 0 amide bonds. The molecule has 0 atom stereocenters. The molecule has 0 spiro atoms. The van der Waals surface area contributed by atoms with Crippen molar-refractivity contribution in [3.63, 3.8) is 0 Å². The Morgan fingerprint density at radius 1 is 0.875 bits per heavy atom. The Bertz CT molecular complexity index is 691. The third kappa shape index (κ3) is 5.31. The predicted molar refractivity (Wildman–Crippen MR) is 108 cm³/mol. The van der Waals surface area contributed by atoms with Crippen LogP contribution in [0.3, 0.4) is 0 Å². The molecule has 1 aromatic rings. The van der Waals surface area contributed by atoms with E-state index in [-0.39, 0.29) is 19.5 Å². The molecule has 0 unspecified atom stereocenters. The number of hydrogen-bond donors (Lipinski definition) is 0.